The van der Waals surface area contributed by atoms with Gasteiger partial charge in [0.2, 0.25) is 5.91 Å². The summed E-state index contributed by atoms with van der Waals surface area (Å²) in [4.78, 5) is 19.1. The molecule has 0 saturated carbocycles. The highest BCUT2D eigenvalue weighted by atomic mass is 16.5. The van der Waals surface area contributed by atoms with Crippen molar-refractivity contribution in [3.8, 4) is 11.3 Å². The van der Waals surface area contributed by atoms with Crippen LogP contribution in [0.3, 0.4) is 0 Å². The van der Waals surface area contributed by atoms with Gasteiger partial charge in [-0.2, -0.15) is 0 Å². The maximum absolute atomic E-state index is 12.5. The Morgan fingerprint density at radius 3 is 2.72 bits per heavy atom. The van der Waals surface area contributed by atoms with E-state index in [0.29, 0.717) is 31.2 Å². The van der Waals surface area contributed by atoms with Crippen molar-refractivity contribution in [2.24, 2.45) is 0 Å². The zero-order valence-electron chi connectivity index (χ0n) is 16.2. The van der Waals surface area contributed by atoms with E-state index in [2.05, 4.69) is 20.4 Å². The summed E-state index contributed by atoms with van der Waals surface area (Å²) in [6.07, 6.45) is 3.79. The molecule has 1 atom stereocenters. The number of carbonyl (C=O) groups excluding carboxylic acids is 1. The molecule has 4 rings (SSSR count). The normalized spacial score (nSPS) is 15.7. The minimum Gasteiger partial charge on any atom is -0.379 e. The van der Waals surface area contributed by atoms with Crippen molar-refractivity contribution in [1.29, 1.82) is 0 Å². The summed E-state index contributed by atoms with van der Waals surface area (Å²) in [5.74, 6) is 0.579. The van der Waals surface area contributed by atoms with Crippen molar-refractivity contribution in [1.82, 2.24) is 20.4 Å². The molecule has 3 heterocycles. The summed E-state index contributed by atoms with van der Waals surface area (Å²) in [7, 11) is 0. The average molecular weight is 392 g/mol. The molecule has 2 aromatic heterocycles. The maximum atomic E-state index is 12.5. The molecule has 7 heteroatoms. The molecule has 29 heavy (non-hydrogen) atoms. The monoisotopic (exact) mass is 392 g/mol. The van der Waals surface area contributed by atoms with Gasteiger partial charge in [-0.05, 0) is 11.6 Å². The summed E-state index contributed by atoms with van der Waals surface area (Å²) in [6, 6.07) is 15.6. The summed E-state index contributed by atoms with van der Waals surface area (Å²) in [5, 5.41) is 7.08. The lowest BCUT2D eigenvalue weighted by Gasteiger charge is -2.34. The number of ether oxygens (including phenoxy) is 1. The predicted molar refractivity (Wildman–Crippen MR) is 108 cm³/mol. The molecule has 1 fully saturated rings. The van der Waals surface area contributed by atoms with Gasteiger partial charge in [0.25, 0.3) is 0 Å². The van der Waals surface area contributed by atoms with Crippen molar-refractivity contribution >= 4 is 5.91 Å². The number of carbonyl (C=O) groups is 1. The molecule has 1 amide bonds. The molecule has 0 aliphatic carbocycles. The fourth-order valence-electron chi connectivity index (χ4n) is 3.49. The average Bonchev–Trinajstić information content (AvgIpc) is 3.24. The molecule has 0 spiro atoms. The minimum atomic E-state index is -0.0833. The molecule has 1 aromatic carbocycles. The summed E-state index contributed by atoms with van der Waals surface area (Å²) in [6.45, 7) is 3.57. The first-order valence-corrected chi connectivity index (χ1v) is 9.79. The highest BCUT2D eigenvalue weighted by molar-refractivity contribution is 5.78. The van der Waals surface area contributed by atoms with Crippen molar-refractivity contribution in [2.75, 3.05) is 32.8 Å². The highest BCUT2D eigenvalue weighted by Crippen LogP contribution is 2.21. The number of aromatic nitrogens is 2. The van der Waals surface area contributed by atoms with Crippen LogP contribution in [0.4, 0.5) is 0 Å². The molecule has 7 nitrogen and oxygen atoms in total. The van der Waals surface area contributed by atoms with Crippen molar-refractivity contribution in [2.45, 2.75) is 12.5 Å². The van der Waals surface area contributed by atoms with Crippen LogP contribution in [0.2, 0.25) is 0 Å². The van der Waals surface area contributed by atoms with Gasteiger partial charge in [0.1, 0.15) is 0 Å². The van der Waals surface area contributed by atoms with E-state index in [1.165, 1.54) is 0 Å². The Morgan fingerprint density at radius 2 is 1.97 bits per heavy atom. The second kappa shape index (κ2) is 9.45. The van der Waals surface area contributed by atoms with Gasteiger partial charge < -0.3 is 14.6 Å². The Kier molecular flexibility index (Phi) is 6.29. The number of hydrogen-bond donors (Lipinski definition) is 1. The lowest BCUT2D eigenvalue weighted by molar-refractivity contribution is -0.120. The van der Waals surface area contributed by atoms with Gasteiger partial charge in [0, 0.05) is 43.7 Å². The standard InChI is InChI=1S/C22H24N4O3/c27-22(14-19-13-21(29-25-19)17-5-2-1-3-6-17)24-16-20(18-7-4-8-23-15-18)26-9-11-28-12-10-26/h1-8,13,15,20H,9-12,14,16H2,(H,24,27). The fourth-order valence-corrected chi connectivity index (χ4v) is 3.49. The molecule has 150 valence electrons. The molecule has 3 aromatic rings. The zero-order valence-corrected chi connectivity index (χ0v) is 16.2. The number of morpholine rings is 1. The van der Waals surface area contributed by atoms with Gasteiger partial charge in [-0.25, -0.2) is 0 Å². The van der Waals surface area contributed by atoms with Gasteiger partial charge in [-0.15, -0.1) is 0 Å². The maximum Gasteiger partial charge on any atom is 0.226 e. The Hall–Kier alpha value is -3.03. The van der Waals surface area contributed by atoms with Gasteiger partial charge >= 0.3 is 0 Å². The number of hydrogen-bond acceptors (Lipinski definition) is 6. The zero-order chi connectivity index (χ0) is 19.9. The molecular weight excluding hydrogens is 368 g/mol. The van der Waals surface area contributed by atoms with Crippen LogP contribution < -0.4 is 5.32 Å². The van der Waals surface area contributed by atoms with Crippen LogP contribution in [-0.4, -0.2) is 53.8 Å². The van der Waals surface area contributed by atoms with Crippen LogP contribution in [0.25, 0.3) is 11.3 Å². The number of rotatable bonds is 7. The third-order valence-corrected chi connectivity index (χ3v) is 5.01. The molecule has 0 bridgehead atoms. The summed E-state index contributed by atoms with van der Waals surface area (Å²) in [5.41, 5.74) is 2.64. The van der Waals surface area contributed by atoms with Gasteiger partial charge in [-0.3, -0.25) is 14.7 Å². The van der Waals surface area contributed by atoms with Crippen molar-refractivity contribution < 1.29 is 14.1 Å². The highest BCUT2D eigenvalue weighted by Gasteiger charge is 2.23. The van der Waals surface area contributed by atoms with Gasteiger partial charge in [0.15, 0.2) is 5.76 Å². The van der Waals surface area contributed by atoms with E-state index in [1.54, 1.807) is 6.20 Å². The van der Waals surface area contributed by atoms with Crippen LogP contribution in [0.15, 0.2) is 65.4 Å². The van der Waals surface area contributed by atoms with Crippen molar-refractivity contribution in [3.63, 3.8) is 0 Å². The van der Waals surface area contributed by atoms with Crippen LogP contribution in [0, 0.1) is 0 Å². The molecule has 1 unspecified atom stereocenters. The van der Waals surface area contributed by atoms with Crippen LogP contribution >= 0.6 is 0 Å². The number of nitrogens with zero attached hydrogens (tertiary/aromatic N) is 3. The molecular formula is C22H24N4O3. The van der Waals surface area contributed by atoms with Crippen LogP contribution in [0.5, 0.6) is 0 Å². The molecule has 0 radical (unpaired) electrons. The van der Waals surface area contributed by atoms with Crippen LogP contribution in [-0.2, 0) is 16.0 Å². The summed E-state index contributed by atoms with van der Waals surface area (Å²) < 4.78 is 10.8. The van der Waals surface area contributed by atoms with Gasteiger partial charge in [0.05, 0.1) is 31.4 Å². The lowest BCUT2D eigenvalue weighted by Crippen LogP contribution is -2.44. The minimum absolute atomic E-state index is 0.0636. The smallest absolute Gasteiger partial charge is 0.226 e. The third-order valence-electron chi connectivity index (χ3n) is 5.01. The number of pyridine rings is 1. The first-order valence-electron chi connectivity index (χ1n) is 9.79. The Labute approximate surface area is 169 Å². The lowest BCUT2D eigenvalue weighted by atomic mass is 10.1. The fraction of sp³-hybridized carbons (Fsp3) is 0.318. The van der Waals surface area contributed by atoms with E-state index in [9.17, 15) is 4.79 Å². The second-order valence-corrected chi connectivity index (χ2v) is 6.98. The Morgan fingerprint density at radius 1 is 1.14 bits per heavy atom. The van der Waals surface area contributed by atoms with E-state index >= 15 is 0 Å². The third kappa shape index (κ3) is 5.07. The SMILES string of the molecule is O=C(Cc1cc(-c2ccccc2)on1)NCC(c1cccnc1)N1CCOCC1. The molecule has 1 N–H and O–H groups in total. The second-order valence-electron chi connectivity index (χ2n) is 6.98. The largest absolute Gasteiger partial charge is 0.379 e. The van der Waals surface area contributed by atoms with Crippen LogP contribution in [0.1, 0.15) is 17.3 Å². The molecule has 1 saturated heterocycles. The summed E-state index contributed by atoms with van der Waals surface area (Å²) >= 11 is 0. The molecule has 1 aliphatic heterocycles. The number of amides is 1. The first kappa shape index (κ1) is 19.3. The number of benzene rings is 1. The van der Waals surface area contributed by atoms with E-state index in [4.69, 9.17) is 9.26 Å². The van der Waals surface area contributed by atoms with Gasteiger partial charge in [-0.1, -0.05) is 41.6 Å². The quantitative estimate of drug-likeness (QED) is 0.665. The molecule has 1 aliphatic rings. The van der Waals surface area contributed by atoms with Crippen molar-refractivity contribution in [3.05, 3.63) is 72.2 Å². The first-order chi connectivity index (χ1) is 14.3. The Bertz CT molecular complexity index is 908. The topological polar surface area (TPSA) is 80.5 Å². The number of nitrogens with one attached hydrogen (secondary N) is 1. The Balaban J connectivity index is 1.37. The van der Waals surface area contributed by atoms with E-state index < -0.39 is 0 Å². The van der Waals surface area contributed by atoms with E-state index in [1.807, 2.05) is 54.7 Å². The van der Waals surface area contributed by atoms with E-state index in [0.717, 1.165) is 24.2 Å². The predicted octanol–water partition coefficient (Wildman–Crippen LogP) is 2.47. The van der Waals surface area contributed by atoms with E-state index in [-0.39, 0.29) is 18.4 Å².